The first-order chi connectivity index (χ1) is 11.6. The molecule has 1 fully saturated rings. The average molecular weight is 370 g/mol. The lowest BCUT2D eigenvalue weighted by Crippen LogP contribution is -2.53. The first-order valence-corrected chi connectivity index (χ1v) is 8.52. The summed E-state index contributed by atoms with van der Waals surface area (Å²) in [5, 5.41) is 9.04. The molecule has 0 atom stereocenters. The first-order valence-electron chi connectivity index (χ1n) is 8.52. The smallest absolute Gasteiger partial charge is 0.252 e. The molecule has 7 heteroatoms. The summed E-state index contributed by atoms with van der Waals surface area (Å²) >= 11 is 0. The summed E-state index contributed by atoms with van der Waals surface area (Å²) in [7, 11) is 1.59. The van der Waals surface area contributed by atoms with Crippen molar-refractivity contribution in [3.8, 4) is 0 Å². The number of amides is 2. The molecular weight excluding hydrogens is 342 g/mol. The number of rotatable bonds is 7. The van der Waals surface area contributed by atoms with Gasteiger partial charge in [0.05, 0.1) is 0 Å². The van der Waals surface area contributed by atoms with Gasteiger partial charge in [0.15, 0.2) is 0 Å². The number of carbonyl (C=O) groups is 2. The van der Waals surface area contributed by atoms with Crippen LogP contribution in [0.1, 0.15) is 42.1 Å². The standard InChI is InChI=1S/C18H27N3O3.ClH/c1-3-9-20-16(22)15-6-4-5-14(12-15)13-21-17(23)18(24-2)7-10-19-11-8-18;/h4-6,12,19H,3,7-11,13H2,1-2H3,(H,20,22)(H,21,23);1H. The molecule has 0 aliphatic carbocycles. The molecule has 0 radical (unpaired) electrons. The summed E-state index contributed by atoms with van der Waals surface area (Å²) in [6, 6.07) is 7.32. The van der Waals surface area contributed by atoms with Crippen LogP contribution >= 0.6 is 12.4 Å². The zero-order chi connectivity index (χ0) is 17.4. The lowest BCUT2D eigenvalue weighted by molar-refractivity contribution is -0.146. The number of benzene rings is 1. The Hall–Kier alpha value is -1.63. The van der Waals surface area contributed by atoms with Crippen molar-refractivity contribution in [3.63, 3.8) is 0 Å². The molecule has 140 valence electrons. The molecule has 2 rings (SSSR count). The summed E-state index contributed by atoms with van der Waals surface area (Å²) in [5.41, 5.74) is 0.757. The highest BCUT2D eigenvalue weighted by atomic mass is 35.5. The van der Waals surface area contributed by atoms with Gasteiger partial charge in [0, 0.05) is 25.8 Å². The number of hydrogen-bond donors (Lipinski definition) is 3. The Morgan fingerprint density at radius 1 is 1.24 bits per heavy atom. The van der Waals surface area contributed by atoms with Crippen LogP contribution in [0.2, 0.25) is 0 Å². The predicted molar refractivity (Wildman–Crippen MR) is 100 cm³/mol. The van der Waals surface area contributed by atoms with Crippen molar-refractivity contribution in [2.75, 3.05) is 26.7 Å². The molecule has 6 nitrogen and oxygen atoms in total. The average Bonchev–Trinajstić information content (AvgIpc) is 2.64. The van der Waals surface area contributed by atoms with E-state index in [2.05, 4.69) is 16.0 Å². The van der Waals surface area contributed by atoms with Gasteiger partial charge in [0.25, 0.3) is 11.8 Å². The van der Waals surface area contributed by atoms with Crippen molar-refractivity contribution >= 4 is 24.2 Å². The Morgan fingerprint density at radius 2 is 1.96 bits per heavy atom. The highest BCUT2D eigenvalue weighted by Gasteiger charge is 2.39. The molecule has 1 saturated heterocycles. The number of hydrogen-bond acceptors (Lipinski definition) is 4. The summed E-state index contributed by atoms with van der Waals surface area (Å²) in [5.74, 6) is -0.177. The molecule has 2 amide bonds. The van der Waals surface area contributed by atoms with Crippen molar-refractivity contribution in [1.82, 2.24) is 16.0 Å². The molecular formula is C18H28ClN3O3. The number of methoxy groups -OCH3 is 1. The fourth-order valence-corrected chi connectivity index (χ4v) is 2.86. The molecule has 1 aromatic rings. The zero-order valence-electron chi connectivity index (χ0n) is 14.9. The largest absolute Gasteiger partial charge is 0.368 e. The van der Waals surface area contributed by atoms with Crippen LogP contribution in [0.15, 0.2) is 24.3 Å². The van der Waals surface area contributed by atoms with Gasteiger partial charge in [-0.05, 0) is 50.0 Å². The Bertz CT molecular complexity index is 574. The lowest BCUT2D eigenvalue weighted by atomic mass is 9.91. The SMILES string of the molecule is CCCNC(=O)c1cccc(CNC(=O)C2(OC)CCNCC2)c1.Cl. The van der Waals surface area contributed by atoms with Crippen molar-refractivity contribution in [2.24, 2.45) is 0 Å². The molecule has 0 aromatic heterocycles. The summed E-state index contributed by atoms with van der Waals surface area (Å²) < 4.78 is 5.52. The Morgan fingerprint density at radius 3 is 2.60 bits per heavy atom. The van der Waals surface area contributed by atoms with E-state index in [0.717, 1.165) is 25.1 Å². The van der Waals surface area contributed by atoms with Gasteiger partial charge in [0.1, 0.15) is 5.60 Å². The molecule has 1 heterocycles. The number of halogens is 1. The lowest BCUT2D eigenvalue weighted by Gasteiger charge is -2.34. The van der Waals surface area contributed by atoms with Gasteiger partial charge in [-0.3, -0.25) is 9.59 Å². The van der Waals surface area contributed by atoms with Gasteiger partial charge >= 0.3 is 0 Å². The van der Waals surface area contributed by atoms with Crippen LogP contribution in [0.25, 0.3) is 0 Å². The molecule has 1 aliphatic rings. The normalized spacial score (nSPS) is 15.8. The third-order valence-corrected chi connectivity index (χ3v) is 4.39. The van der Waals surface area contributed by atoms with Crippen LogP contribution in [-0.2, 0) is 16.1 Å². The molecule has 1 aliphatic heterocycles. The maximum absolute atomic E-state index is 12.5. The van der Waals surface area contributed by atoms with Crippen molar-refractivity contribution in [1.29, 1.82) is 0 Å². The van der Waals surface area contributed by atoms with E-state index >= 15 is 0 Å². The highest BCUT2D eigenvalue weighted by molar-refractivity contribution is 5.94. The van der Waals surface area contributed by atoms with E-state index in [1.165, 1.54) is 0 Å². The third kappa shape index (κ3) is 5.70. The molecule has 3 N–H and O–H groups in total. The van der Waals surface area contributed by atoms with Crippen LogP contribution in [0, 0.1) is 0 Å². The van der Waals surface area contributed by atoms with Gasteiger partial charge in [0.2, 0.25) is 0 Å². The van der Waals surface area contributed by atoms with Crippen molar-refractivity contribution in [3.05, 3.63) is 35.4 Å². The molecule has 0 saturated carbocycles. The van der Waals surface area contributed by atoms with E-state index in [-0.39, 0.29) is 24.2 Å². The van der Waals surface area contributed by atoms with Crippen LogP contribution in [0.5, 0.6) is 0 Å². The number of carbonyl (C=O) groups excluding carboxylic acids is 2. The van der Waals surface area contributed by atoms with Crippen LogP contribution in [-0.4, -0.2) is 44.2 Å². The fourth-order valence-electron chi connectivity index (χ4n) is 2.86. The summed E-state index contributed by atoms with van der Waals surface area (Å²) in [6.07, 6.45) is 2.22. The zero-order valence-corrected chi connectivity index (χ0v) is 15.7. The summed E-state index contributed by atoms with van der Waals surface area (Å²) in [6.45, 7) is 4.60. The van der Waals surface area contributed by atoms with Gasteiger partial charge in [-0.2, -0.15) is 0 Å². The quantitative estimate of drug-likeness (QED) is 0.682. The Balaban J connectivity index is 0.00000312. The fraction of sp³-hybridized carbons (Fsp3) is 0.556. The molecule has 1 aromatic carbocycles. The van der Waals surface area contributed by atoms with E-state index in [4.69, 9.17) is 4.74 Å². The highest BCUT2D eigenvalue weighted by Crippen LogP contribution is 2.22. The predicted octanol–water partition coefficient (Wildman–Crippen LogP) is 1.63. The van der Waals surface area contributed by atoms with Gasteiger partial charge in [-0.25, -0.2) is 0 Å². The van der Waals surface area contributed by atoms with E-state index < -0.39 is 5.60 Å². The van der Waals surface area contributed by atoms with Crippen molar-refractivity contribution < 1.29 is 14.3 Å². The van der Waals surface area contributed by atoms with Gasteiger partial charge < -0.3 is 20.7 Å². The summed E-state index contributed by atoms with van der Waals surface area (Å²) in [4.78, 5) is 24.6. The van der Waals surface area contributed by atoms with Gasteiger partial charge in [-0.15, -0.1) is 12.4 Å². The third-order valence-electron chi connectivity index (χ3n) is 4.39. The minimum absolute atomic E-state index is 0. The maximum atomic E-state index is 12.5. The van der Waals surface area contributed by atoms with E-state index in [9.17, 15) is 9.59 Å². The van der Waals surface area contributed by atoms with E-state index in [1.54, 1.807) is 13.2 Å². The molecule has 25 heavy (non-hydrogen) atoms. The number of nitrogens with one attached hydrogen (secondary N) is 3. The van der Waals surface area contributed by atoms with Crippen LogP contribution in [0.4, 0.5) is 0 Å². The Kier molecular flexibility index (Phi) is 8.89. The minimum Gasteiger partial charge on any atom is -0.368 e. The van der Waals surface area contributed by atoms with E-state index in [0.29, 0.717) is 31.5 Å². The maximum Gasteiger partial charge on any atom is 0.252 e. The van der Waals surface area contributed by atoms with Gasteiger partial charge in [-0.1, -0.05) is 19.1 Å². The molecule has 0 spiro atoms. The van der Waals surface area contributed by atoms with E-state index in [1.807, 2.05) is 25.1 Å². The second kappa shape index (κ2) is 10.4. The first kappa shape index (κ1) is 21.4. The number of ether oxygens (including phenoxy) is 1. The topological polar surface area (TPSA) is 79.5 Å². The second-order valence-electron chi connectivity index (χ2n) is 6.09. The number of piperidine rings is 1. The van der Waals surface area contributed by atoms with Crippen LogP contribution < -0.4 is 16.0 Å². The molecule has 0 bridgehead atoms. The second-order valence-corrected chi connectivity index (χ2v) is 6.09. The monoisotopic (exact) mass is 369 g/mol. The van der Waals surface area contributed by atoms with Crippen molar-refractivity contribution in [2.45, 2.75) is 38.3 Å². The Labute approximate surface area is 155 Å². The molecule has 0 unspecified atom stereocenters. The minimum atomic E-state index is -0.749. The van der Waals surface area contributed by atoms with Crippen LogP contribution in [0.3, 0.4) is 0 Å².